The standard InChI is InChI=1S/C22H27FN2O2/c1-13-9-19(24)17(12-18(13)23)22(27)8-5-15(22)10-14-3-4-16(20(25)11-14)21(26)6-2-7-21/h3-4,9,11-12,15,26-27H,2,5-8,10,24-25H2,1H3. The first-order chi connectivity index (χ1) is 12.7. The Bertz CT molecular complexity index is 894. The van der Waals surface area contributed by atoms with Crippen molar-refractivity contribution >= 4 is 11.4 Å². The quantitative estimate of drug-likeness (QED) is 0.620. The maximum atomic E-state index is 14.0. The zero-order valence-electron chi connectivity index (χ0n) is 15.6. The van der Waals surface area contributed by atoms with Gasteiger partial charge < -0.3 is 21.7 Å². The Balaban J connectivity index is 1.57. The molecule has 0 spiro atoms. The molecule has 4 nitrogen and oxygen atoms in total. The number of aliphatic hydroxyl groups is 2. The summed E-state index contributed by atoms with van der Waals surface area (Å²) in [6.45, 7) is 1.66. The van der Waals surface area contributed by atoms with Gasteiger partial charge in [0.15, 0.2) is 0 Å². The van der Waals surface area contributed by atoms with Gasteiger partial charge in [0.05, 0.1) is 11.2 Å². The third-order valence-corrected chi connectivity index (χ3v) is 6.63. The minimum absolute atomic E-state index is 0.0426. The van der Waals surface area contributed by atoms with E-state index in [4.69, 9.17) is 11.5 Å². The number of halogens is 1. The van der Waals surface area contributed by atoms with Gasteiger partial charge in [-0.15, -0.1) is 0 Å². The Kier molecular flexibility index (Phi) is 4.20. The van der Waals surface area contributed by atoms with Crippen LogP contribution in [0.3, 0.4) is 0 Å². The lowest BCUT2D eigenvalue weighted by Crippen LogP contribution is -2.46. The number of anilines is 2. The second-order valence-corrected chi connectivity index (χ2v) is 8.36. The zero-order chi connectivity index (χ0) is 19.4. The van der Waals surface area contributed by atoms with Gasteiger partial charge in [0.2, 0.25) is 0 Å². The zero-order valence-corrected chi connectivity index (χ0v) is 15.6. The molecule has 2 atom stereocenters. The number of nitrogen functional groups attached to an aromatic ring is 2. The normalized spacial score (nSPS) is 26.3. The van der Waals surface area contributed by atoms with Crippen molar-refractivity contribution in [3.63, 3.8) is 0 Å². The van der Waals surface area contributed by atoms with E-state index in [1.54, 1.807) is 13.0 Å². The molecular weight excluding hydrogens is 343 g/mol. The maximum absolute atomic E-state index is 14.0. The lowest BCUT2D eigenvalue weighted by molar-refractivity contribution is -0.101. The van der Waals surface area contributed by atoms with Gasteiger partial charge in [-0.1, -0.05) is 12.1 Å². The molecule has 0 heterocycles. The number of nitrogens with two attached hydrogens (primary N) is 2. The van der Waals surface area contributed by atoms with E-state index < -0.39 is 11.2 Å². The van der Waals surface area contributed by atoms with Gasteiger partial charge >= 0.3 is 0 Å². The molecule has 0 radical (unpaired) electrons. The van der Waals surface area contributed by atoms with E-state index in [0.717, 1.165) is 36.8 Å². The van der Waals surface area contributed by atoms with Gasteiger partial charge in [-0.2, -0.15) is 0 Å². The first-order valence-electron chi connectivity index (χ1n) is 9.63. The summed E-state index contributed by atoms with van der Waals surface area (Å²) in [6.07, 6.45) is 4.55. The van der Waals surface area contributed by atoms with Gasteiger partial charge in [-0.3, -0.25) is 0 Å². The Labute approximate surface area is 159 Å². The molecule has 2 aromatic carbocycles. The van der Waals surface area contributed by atoms with Crippen molar-refractivity contribution in [2.24, 2.45) is 5.92 Å². The monoisotopic (exact) mass is 370 g/mol. The summed E-state index contributed by atoms with van der Waals surface area (Å²) >= 11 is 0. The van der Waals surface area contributed by atoms with Gasteiger partial charge in [-0.25, -0.2) is 4.39 Å². The molecule has 2 unspecified atom stereocenters. The van der Waals surface area contributed by atoms with Crippen LogP contribution in [0.2, 0.25) is 0 Å². The van der Waals surface area contributed by atoms with Crippen LogP contribution >= 0.6 is 0 Å². The van der Waals surface area contributed by atoms with Crippen LogP contribution in [0.4, 0.5) is 15.8 Å². The minimum atomic E-state index is -1.11. The Morgan fingerprint density at radius 2 is 1.74 bits per heavy atom. The number of hydrogen-bond acceptors (Lipinski definition) is 4. The molecule has 27 heavy (non-hydrogen) atoms. The lowest BCUT2D eigenvalue weighted by Gasteiger charge is -2.46. The van der Waals surface area contributed by atoms with Crippen LogP contribution in [0, 0.1) is 18.7 Å². The Morgan fingerprint density at radius 1 is 1.04 bits per heavy atom. The number of rotatable bonds is 4. The van der Waals surface area contributed by atoms with Crippen molar-refractivity contribution in [2.75, 3.05) is 11.5 Å². The first kappa shape index (κ1) is 18.3. The molecule has 0 aromatic heterocycles. The second kappa shape index (κ2) is 6.21. The van der Waals surface area contributed by atoms with Crippen molar-refractivity contribution in [1.82, 2.24) is 0 Å². The molecule has 0 aliphatic heterocycles. The highest BCUT2D eigenvalue weighted by molar-refractivity contribution is 5.55. The van der Waals surface area contributed by atoms with Crippen LogP contribution in [-0.2, 0) is 17.6 Å². The molecule has 2 aromatic rings. The predicted molar refractivity (Wildman–Crippen MR) is 104 cm³/mol. The van der Waals surface area contributed by atoms with Crippen molar-refractivity contribution in [3.8, 4) is 0 Å². The van der Waals surface area contributed by atoms with Crippen LogP contribution in [0.25, 0.3) is 0 Å². The van der Waals surface area contributed by atoms with Crippen molar-refractivity contribution in [3.05, 3.63) is 58.4 Å². The summed E-state index contributed by atoms with van der Waals surface area (Å²) in [7, 11) is 0. The highest BCUT2D eigenvalue weighted by Gasteiger charge is 2.47. The van der Waals surface area contributed by atoms with Crippen LogP contribution in [-0.4, -0.2) is 10.2 Å². The molecular formula is C22H27FN2O2. The van der Waals surface area contributed by atoms with Crippen LogP contribution in [0.5, 0.6) is 0 Å². The minimum Gasteiger partial charge on any atom is -0.398 e. The average Bonchev–Trinajstić information content (AvgIpc) is 2.59. The second-order valence-electron chi connectivity index (χ2n) is 8.36. The number of aryl methyl sites for hydroxylation is 1. The largest absolute Gasteiger partial charge is 0.398 e. The third-order valence-electron chi connectivity index (χ3n) is 6.63. The van der Waals surface area contributed by atoms with Crippen molar-refractivity contribution in [2.45, 2.75) is 56.7 Å². The molecule has 4 rings (SSSR count). The van der Waals surface area contributed by atoms with E-state index in [0.29, 0.717) is 35.3 Å². The molecule has 0 saturated heterocycles. The fraction of sp³-hybridized carbons (Fsp3) is 0.455. The third kappa shape index (κ3) is 2.89. The number of benzene rings is 2. The van der Waals surface area contributed by atoms with Crippen LogP contribution in [0.15, 0.2) is 30.3 Å². The highest BCUT2D eigenvalue weighted by atomic mass is 19.1. The summed E-state index contributed by atoms with van der Waals surface area (Å²) in [5.41, 5.74) is 14.2. The summed E-state index contributed by atoms with van der Waals surface area (Å²) in [4.78, 5) is 0. The smallest absolute Gasteiger partial charge is 0.126 e. The van der Waals surface area contributed by atoms with Crippen molar-refractivity contribution < 1.29 is 14.6 Å². The van der Waals surface area contributed by atoms with Gasteiger partial charge in [0.25, 0.3) is 0 Å². The molecule has 6 N–H and O–H groups in total. The molecule has 0 bridgehead atoms. The van der Waals surface area contributed by atoms with Gasteiger partial charge in [0.1, 0.15) is 5.82 Å². The summed E-state index contributed by atoms with van der Waals surface area (Å²) in [5, 5.41) is 21.7. The Morgan fingerprint density at radius 3 is 2.30 bits per heavy atom. The van der Waals surface area contributed by atoms with E-state index in [1.807, 2.05) is 18.2 Å². The van der Waals surface area contributed by atoms with E-state index >= 15 is 0 Å². The van der Waals surface area contributed by atoms with Crippen LogP contribution in [0.1, 0.15) is 54.4 Å². The highest BCUT2D eigenvalue weighted by Crippen LogP contribution is 2.50. The Hall–Kier alpha value is -2.11. The summed E-state index contributed by atoms with van der Waals surface area (Å²) in [6, 6.07) is 8.73. The molecule has 0 amide bonds. The predicted octanol–water partition coefficient (Wildman–Crippen LogP) is 3.51. The molecule has 2 saturated carbocycles. The average molecular weight is 370 g/mol. The van der Waals surface area contributed by atoms with E-state index in [-0.39, 0.29) is 11.7 Å². The topological polar surface area (TPSA) is 92.5 Å². The van der Waals surface area contributed by atoms with Crippen LogP contribution < -0.4 is 11.5 Å². The van der Waals surface area contributed by atoms with Crippen molar-refractivity contribution in [1.29, 1.82) is 0 Å². The van der Waals surface area contributed by atoms with Gasteiger partial charge in [-0.05, 0) is 80.7 Å². The molecule has 144 valence electrons. The fourth-order valence-corrected chi connectivity index (χ4v) is 4.55. The molecule has 5 heteroatoms. The van der Waals surface area contributed by atoms with E-state index in [9.17, 15) is 14.6 Å². The maximum Gasteiger partial charge on any atom is 0.126 e. The number of hydrogen-bond donors (Lipinski definition) is 4. The van der Waals surface area contributed by atoms with E-state index in [1.165, 1.54) is 6.07 Å². The van der Waals surface area contributed by atoms with E-state index in [2.05, 4.69) is 0 Å². The van der Waals surface area contributed by atoms with Gasteiger partial charge in [0, 0.05) is 22.5 Å². The summed E-state index contributed by atoms with van der Waals surface area (Å²) in [5.74, 6) is -0.389. The lowest BCUT2D eigenvalue weighted by atomic mass is 9.63. The SMILES string of the molecule is Cc1cc(N)c(C2(O)CCC2Cc2ccc(C3(O)CCC3)c(N)c2)cc1F. The fourth-order valence-electron chi connectivity index (χ4n) is 4.55. The first-order valence-corrected chi connectivity index (χ1v) is 9.63. The summed E-state index contributed by atoms with van der Waals surface area (Å²) < 4.78 is 14.0. The molecule has 2 aliphatic carbocycles. The molecule has 2 aliphatic rings. The molecule has 2 fully saturated rings.